The number of nitrogens with one attached hydrogen (secondary N) is 2. The lowest BCUT2D eigenvalue weighted by molar-refractivity contribution is -1.02. The van der Waals surface area contributed by atoms with Crippen LogP contribution in [0, 0.1) is 12.7 Å². The number of piperazine rings is 1. The lowest BCUT2D eigenvalue weighted by Crippen LogP contribution is -3.27. The number of carbonyl (C=O) groups excluding carboxylic acids is 1. The Balaban J connectivity index is 1.59. The van der Waals surface area contributed by atoms with Crippen molar-refractivity contribution in [1.82, 2.24) is 0 Å². The summed E-state index contributed by atoms with van der Waals surface area (Å²) in [5.41, 5.74) is 2.47. The van der Waals surface area contributed by atoms with Crippen LogP contribution in [0.25, 0.3) is 6.08 Å². The third-order valence-electron chi connectivity index (χ3n) is 5.94. The average molecular weight is 414 g/mol. The Labute approximate surface area is 174 Å². The zero-order valence-corrected chi connectivity index (χ0v) is 17.0. The van der Waals surface area contributed by atoms with E-state index in [-0.39, 0.29) is 29.7 Å². The molecule has 0 aromatic heterocycles. The number of ketones is 1. The van der Waals surface area contributed by atoms with Crippen molar-refractivity contribution in [3.8, 4) is 11.5 Å². The lowest BCUT2D eigenvalue weighted by atomic mass is 9.99. The third-order valence-corrected chi connectivity index (χ3v) is 5.94. The van der Waals surface area contributed by atoms with Crippen LogP contribution < -0.4 is 14.5 Å². The number of hydrogen-bond acceptors (Lipinski definition) is 4. The summed E-state index contributed by atoms with van der Waals surface area (Å²) < 4.78 is 19.1. The number of ether oxygens (including phenoxy) is 1. The van der Waals surface area contributed by atoms with Gasteiger partial charge in [0.15, 0.2) is 11.5 Å². The maximum Gasteiger partial charge on any atom is 0.232 e. The van der Waals surface area contributed by atoms with E-state index >= 15 is 0 Å². The molecule has 158 valence electrons. The number of halogens is 1. The van der Waals surface area contributed by atoms with Crippen molar-refractivity contribution in [2.24, 2.45) is 0 Å². The molecule has 0 spiro atoms. The maximum absolute atomic E-state index is 13.2. The van der Waals surface area contributed by atoms with E-state index in [0.29, 0.717) is 34.5 Å². The molecule has 0 unspecified atom stereocenters. The molecule has 0 saturated carbocycles. The van der Waals surface area contributed by atoms with Crippen molar-refractivity contribution in [3.05, 3.63) is 64.2 Å². The van der Waals surface area contributed by atoms with Crippen LogP contribution in [0.4, 0.5) is 4.39 Å². The Kier molecular flexibility index (Phi) is 5.85. The molecule has 0 atom stereocenters. The number of aliphatic hydroxyl groups is 1. The van der Waals surface area contributed by atoms with Crippen LogP contribution >= 0.6 is 0 Å². The number of aryl methyl sites for hydroxylation is 1. The molecular weight excluding hydrogens is 387 g/mol. The Hall–Kier alpha value is -2.74. The van der Waals surface area contributed by atoms with Crippen LogP contribution in [0.3, 0.4) is 0 Å². The zero-order chi connectivity index (χ0) is 21.3. The van der Waals surface area contributed by atoms with Gasteiger partial charge in [0, 0.05) is 0 Å². The van der Waals surface area contributed by atoms with E-state index < -0.39 is 0 Å². The van der Waals surface area contributed by atoms with Gasteiger partial charge in [0.2, 0.25) is 5.78 Å². The van der Waals surface area contributed by atoms with Crippen molar-refractivity contribution in [2.45, 2.75) is 13.5 Å². The Morgan fingerprint density at radius 3 is 2.47 bits per heavy atom. The van der Waals surface area contributed by atoms with Gasteiger partial charge in [-0.3, -0.25) is 4.79 Å². The molecule has 7 heteroatoms. The molecule has 2 aromatic carbocycles. The molecule has 0 bridgehead atoms. The SMILES string of the molecule is Cc1cc(O)c(C[NH+]2CC[NH+](CCO)CC2)c2c1C(=O)/C(=C/c1ccc(F)cc1)O2. The van der Waals surface area contributed by atoms with Crippen LogP contribution in [-0.2, 0) is 6.54 Å². The number of phenolic OH excluding ortho intramolecular Hbond substituents is 1. The fourth-order valence-electron chi connectivity index (χ4n) is 4.25. The minimum absolute atomic E-state index is 0.139. The van der Waals surface area contributed by atoms with Gasteiger partial charge in [0.05, 0.1) is 17.7 Å². The fourth-order valence-corrected chi connectivity index (χ4v) is 4.25. The van der Waals surface area contributed by atoms with E-state index in [1.165, 1.54) is 21.9 Å². The highest BCUT2D eigenvalue weighted by Crippen LogP contribution is 2.41. The minimum Gasteiger partial charge on any atom is -0.507 e. The molecule has 2 heterocycles. The van der Waals surface area contributed by atoms with Crippen LogP contribution in [0.1, 0.15) is 27.0 Å². The number of quaternary nitrogens is 2. The van der Waals surface area contributed by atoms with Crippen molar-refractivity contribution in [3.63, 3.8) is 0 Å². The first-order valence-corrected chi connectivity index (χ1v) is 10.3. The van der Waals surface area contributed by atoms with Crippen molar-refractivity contribution in [2.75, 3.05) is 39.3 Å². The quantitative estimate of drug-likeness (QED) is 0.509. The monoisotopic (exact) mass is 414 g/mol. The first-order chi connectivity index (χ1) is 14.5. The summed E-state index contributed by atoms with van der Waals surface area (Å²) in [7, 11) is 0. The largest absolute Gasteiger partial charge is 0.507 e. The maximum atomic E-state index is 13.2. The second-order valence-corrected chi connectivity index (χ2v) is 8.04. The molecule has 0 radical (unpaired) electrons. The predicted octanol–water partition coefficient (Wildman–Crippen LogP) is -0.268. The van der Waals surface area contributed by atoms with E-state index in [9.17, 15) is 14.3 Å². The molecule has 6 nitrogen and oxygen atoms in total. The standard InChI is InChI=1S/C23H25FN2O4/c1-15-12-19(28)18(14-26-8-6-25(7-9-26)10-11-27)23-21(15)22(29)20(30-23)13-16-2-4-17(24)5-3-16/h2-5,12-13,27-28H,6-11,14H2,1H3/p+2/b20-13-. The molecule has 1 fully saturated rings. The van der Waals surface area contributed by atoms with Gasteiger partial charge in [0.1, 0.15) is 50.8 Å². The van der Waals surface area contributed by atoms with E-state index in [0.717, 1.165) is 32.7 Å². The molecule has 4 rings (SSSR count). The van der Waals surface area contributed by atoms with E-state index in [2.05, 4.69) is 0 Å². The van der Waals surface area contributed by atoms with E-state index in [1.807, 2.05) is 0 Å². The van der Waals surface area contributed by atoms with Crippen LogP contribution in [-0.4, -0.2) is 55.3 Å². The average Bonchev–Trinajstić information content (AvgIpc) is 3.05. The van der Waals surface area contributed by atoms with E-state index in [1.54, 1.807) is 31.2 Å². The minimum atomic E-state index is -0.342. The van der Waals surface area contributed by atoms with Gasteiger partial charge in [-0.1, -0.05) is 12.1 Å². The summed E-state index contributed by atoms with van der Waals surface area (Å²) in [6, 6.07) is 7.48. The number of rotatable bonds is 5. The highest BCUT2D eigenvalue weighted by molar-refractivity contribution is 6.15. The fraction of sp³-hybridized carbons (Fsp3) is 0.348. The number of hydrogen-bond donors (Lipinski definition) is 4. The zero-order valence-electron chi connectivity index (χ0n) is 17.0. The Morgan fingerprint density at radius 2 is 1.80 bits per heavy atom. The van der Waals surface area contributed by atoms with Gasteiger partial charge in [-0.2, -0.15) is 0 Å². The summed E-state index contributed by atoms with van der Waals surface area (Å²) in [6.07, 6.45) is 1.60. The van der Waals surface area contributed by atoms with Gasteiger partial charge in [0.25, 0.3) is 0 Å². The van der Waals surface area contributed by atoms with Gasteiger partial charge in [-0.15, -0.1) is 0 Å². The summed E-state index contributed by atoms with van der Waals surface area (Å²) >= 11 is 0. The van der Waals surface area contributed by atoms with Gasteiger partial charge in [-0.25, -0.2) is 4.39 Å². The number of aliphatic hydroxyl groups excluding tert-OH is 1. The summed E-state index contributed by atoms with van der Waals surface area (Å²) in [6.45, 7) is 7.06. The van der Waals surface area contributed by atoms with Crippen molar-refractivity contribution in [1.29, 1.82) is 0 Å². The second-order valence-electron chi connectivity index (χ2n) is 8.04. The van der Waals surface area contributed by atoms with Crippen LogP contribution in [0.5, 0.6) is 11.5 Å². The topological polar surface area (TPSA) is 75.6 Å². The number of Topliss-reactive ketones (excluding diaryl/α,β-unsaturated/α-hetero) is 1. The van der Waals surface area contributed by atoms with Gasteiger partial charge in [-0.05, 0) is 42.3 Å². The number of fused-ring (bicyclic) bond motifs is 1. The highest BCUT2D eigenvalue weighted by atomic mass is 19.1. The first kappa shape index (κ1) is 20.5. The molecule has 2 aromatic rings. The summed E-state index contributed by atoms with van der Waals surface area (Å²) in [5.74, 6) is 0.188. The normalized spacial score (nSPS) is 22.2. The summed E-state index contributed by atoms with van der Waals surface area (Å²) in [5, 5.41) is 19.7. The number of phenols is 1. The number of aromatic hydroxyl groups is 1. The molecular formula is C23H27FN2O4+2. The van der Waals surface area contributed by atoms with Crippen LogP contribution in [0.15, 0.2) is 36.1 Å². The summed E-state index contributed by atoms with van der Waals surface area (Å²) in [4.78, 5) is 15.7. The van der Waals surface area contributed by atoms with Crippen LogP contribution in [0.2, 0.25) is 0 Å². The molecule has 0 aliphatic carbocycles. The molecule has 30 heavy (non-hydrogen) atoms. The number of carbonyl (C=O) groups is 1. The second kappa shape index (κ2) is 8.55. The smallest absolute Gasteiger partial charge is 0.232 e. The van der Waals surface area contributed by atoms with E-state index in [4.69, 9.17) is 9.84 Å². The van der Waals surface area contributed by atoms with Gasteiger partial charge < -0.3 is 24.7 Å². The van der Waals surface area contributed by atoms with Gasteiger partial charge >= 0.3 is 0 Å². The Bertz CT molecular complexity index is 980. The number of benzene rings is 2. The molecule has 1 saturated heterocycles. The Morgan fingerprint density at radius 1 is 1.13 bits per heavy atom. The molecule has 0 amide bonds. The lowest BCUT2D eigenvalue weighted by Gasteiger charge is -2.29. The molecule has 4 N–H and O–H groups in total. The van der Waals surface area contributed by atoms with Crippen molar-refractivity contribution < 1.29 is 33.9 Å². The third kappa shape index (κ3) is 4.09. The van der Waals surface area contributed by atoms with Crippen molar-refractivity contribution >= 4 is 11.9 Å². The first-order valence-electron chi connectivity index (χ1n) is 10.3. The molecule has 2 aliphatic heterocycles. The number of allylic oxidation sites excluding steroid dienone is 1. The molecule has 2 aliphatic rings. The predicted molar refractivity (Wildman–Crippen MR) is 109 cm³/mol. The highest BCUT2D eigenvalue weighted by Gasteiger charge is 2.35.